The average Bonchev–Trinajstić information content (AvgIpc) is 3.12. The third-order valence-electron chi connectivity index (χ3n) is 6.16. The fourth-order valence-corrected chi connectivity index (χ4v) is 5.18. The van der Waals surface area contributed by atoms with Gasteiger partial charge in [-0.1, -0.05) is 0 Å². The molecule has 3 saturated heterocycles. The van der Waals surface area contributed by atoms with Crippen molar-refractivity contribution in [1.82, 2.24) is 19.7 Å². The minimum atomic E-state index is 0.0962. The molecule has 4 atom stereocenters. The molecule has 6 heteroatoms. The molecular formula is C19H28N4O2. The summed E-state index contributed by atoms with van der Waals surface area (Å²) in [5.41, 5.74) is 0.667. The van der Waals surface area contributed by atoms with E-state index in [0.717, 1.165) is 38.9 Å². The smallest absolute Gasteiger partial charge is 0.270 e. The predicted molar refractivity (Wildman–Crippen MR) is 95.1 cm³/mol. The highest BCUT2D eigenvalue weighted by molar-refractivity contribution is 5.92. The Morgan fingerprint density at radius 2 is 2.12 bits per heavy atom. The van der Waals surface area contributed by atoms with Gasteiger partial charge in [0, 0.05) is 44.3 Å². The van der Waals surface area contributed by atoms with Crippen LogP contribution < -0.4 is 0 Å². The number of carbonyl (C=O) groups excluding carboxylic acids is 2. The highest BCUT2D eigenvalue weighted by Gasteiger charge is 2.50. The molecule has 0 aliphatic carbocycles. The van der Waals surface area contributed by atoms with E-state index >= 15 is 0 Å². The van der Waals surface area contributed by atoms with Gasteiger partial charge in [0.05, 0.1) is 0 Å². The summed E-state index contributed by atoms with van der Waals surface area (Å²) in [6, 6.07) is 4.25. The van der Waals surface area contributed by atoms with Crippen molar-refractivity contribution in [3.05, 3.63) is 24.0 Å². The molecule has 6 nitrogen and oxygen atoms in total. The summed E-state index contributed by atoms with van der Waals surface area (Å²) in [7, 11) is 4.14. The van der Waals surface area contributed by atoms with Crippen molar-refractivity contribution in [3.8, 4) is 0 Å². The first-order valence-electron chi connectivity index (χ1n) is 9.43. The molecule has 0 saturated carbocycles. The molecule has 1 N–H and O–H groups in total. The fraction of sp³-hybridized carbons (Fsp3) is 0.684. The van der Waals surface area contributed by atoms with Gasteiger partial charge in [-0.2, -0.15) is 0 Å². The number of hydrogen-bond acceptors (Lipinski definition) is 3. The first-order chi connectivity index (χ1) is 12.0. The van der Waals surface area contributed by atoms with Gasteiger partial charge in [-0.25, -0.2) is 0 Å². The standard InChI is InChI=1S/C19H28N4O2/c1-21(2)12-17-14-9-13(16-6-3-7-18(24)23(16)17)10-22(11-14)19(25)15-5-4-8-20-15/h4-5,8,13-14,16-17,20H,3,6-7,9-12H2,1-2H3/t13-,14+,16+,17+/m1/s1. The van der Waals surface area contributed by atoms with Crippen molar-refractivity contribution in [1.29, 1.82) is 0 Å². The number of fused-ring (bicyclic) bond motifs is 4. The van der Waals surface area contributed by atoms with Crippen LogP contribution in [0.3, 0.4) is 0 Å². The number of rotatable bonds is 3. The van der Waals surface area contributed by atoms with Crippen LogP contribution in [-0.4, -0.2) is 77.3 Å². The second kappa shape index (κ2) is 6.48. The van der Waals surface area contributed by atoms with Gasteiger partial charge in [0.1, 0.15) is 5.69 Å². The number of aromatic nitrogens is 1. The van der Waals surface area contributed by atoms with Gasteiger partial charge in [0.15, 0.2) is 0 Å². The van der Waals surface area contributed by atoms with Gasteiger partial charge < -0.3 is 19.7 Å². The van der Waals surface area contributed by atoms with Gasteiger partial charge in [-0.05, 0) is 57.3 Å². The number of H-pyrrole nitrogens is 1. The van der Waals surface area contributed by atoms with Crippen LogP contribution in [0.2, 0.25) is 0 Å². The van der Waals surface area contributed by atoms with Crippen molar-refractivity contribution < 1.29 is 9.59 Å². The largest absolute Gasteiger partial charge is 0.357 e. The van der Waals surface area contributed by atoms with Crippen molar-refractivity contribution in [2.45, 2.75) is 37.8 Å². The monoisotopic (exact) mass is 344 g/mol. The number of nitrogens with zero attached hydrogens (tertiary/aromatic N) is 3. The van der Waals surface area contributed by atoms with E-state index in [1.165, 1.54) is 0 Å². The maximum Gasteiger partial charge on any atom is 0.270 e. The quantitative estimate of drug-likeness (QED) is 0.902. The Morgan fingerprint density at radius 1 is 1.32 bits per heavy atom. The van der Waals surface area contributed by atoms with E-state index < -0.39 is 0 Å². The summed E-state index contributed by atoms with van der Waals surface area (Å²) < 4.78 is 0. The number of likely N-dealkylation sites (N-methyl/N-ethyl adjacent to an activating group) is 1. The molecule has 0 radical (unpaired) electrons. The Kier molecular flexibility index (Phi) is 4.31. The Hall–Kier alpha value is -1.82. The molecule has 4 heterocycles. The zero-order valence-corrected chi connectivity index (χ0v) is 15.1. The highest BCUT2D eigenvalue weighted by atomic mass is 16.2. The molecule has 3 aliphatic rings. The average molecular weight is 344 g/mol. The molecule has 3 aliphatic heterocycles. The molecule has 25 heavy (non-hydrogen) atoms. The number of amides is 2. The summed E-state index contributed by atoms with van der Waals surface area (Å²) in [6.07, 6.45) is 5.69. The molecule has 1 aromatic rings. The van der Waals surface area contributed by atoms with E-state index in [0.29, 0.717) is 35.9 Å². The van der Waals surface area contributed by atoms with Gasteiger partial charge in [-0.15, -0.1) is 0 Å². The molecule has 0 unspecified atom stereocenters. The maximum absolute atomic E-state index is 12.8. The molecule has 3 fully saturated rings. The number of hydrogen-bond donors (Lipinski definition) is 1. The van der Waals surface area contributed by atoms with E-state index in [4.69, 9.17) is 0 Å². The van der Waals surface area contributed by atoms with Crippen LogP contribution in [0.4, 0.5) is 0 Å². The first-order valence-corrected chi connectivity index (χ1v) is 9.43. The normalized spacial score (nSPS) is 32.0. The van der Waals surface area contributed by atoms with Crippen LogP contribution in [-0.2, 0) is 4.79 Å². The van der Waals surface area contributed by atoms with Gasteiger partial charge in [0.25, 0.3) is 5.91 Å². The van der Waals surface area contributed by atoms with Crippen molar-refractivity contribution in [2.75, 3.05) is 33.7 Å². The zero-order valence-electron chi connectivity index (χ0n) is 15.1. The molecule has 0 spiro atoms. The summed E-state index contributed by atoms with van der Waals surface area (Å²) >= 11 is 0. The van der Waals surface area contributed by atoms with Crippen molar-refractivity contribution in [2.24, 2.45) is 11.8 Å². The van der Waals surface area contributed by atoms with Crippen LogP contribution in [0.15, 0.2) is 18.3 Å². The third kappa shape index (κ3) is 2.97. The second-order valence-corrected chi connectivity index (χ2v) is 8.14. The Labute approximate surface area is 149 Å². The summed E-state index contributed by atoms with van der Waals surface area (Å²) in [5, 5.41) is 0. The number of nitrogens with one attached hydrogen (secondary N) is 1. The van der Waals surface area contributed by atoms with Crippen LogP contribution in [0.25, 0.3) is 0 Å². The van der Waals surface area contributed by atoms with Crippen molar-refractivity contribution >= 4 is 11.8 Å². The number of carbonyl (C=O) groups is 2. The number of piperidine rings is 3. The lowest BCUT2D eigenvalue weighted by molar-refractivity contribution is -0.152. The Bertz CT molecular complexity index is 642. The summed E-state index contributed by atoms with van der Waals surface area (Å²) in [6.45, 7) is 2.41. The molecule has 136 valence electrons. The lowest BCUT2D eigenvalue weighted by Gasteiger charge is -2.57. The minimum absolute atomic E-state index is 0.0962. The summed E-state index contributed by atoms with van der Waals surface area (Å²) in [4.78, 5) is 35.0. The highest BCUT2D eigenvalue weighted by Crippen LogP contribution is 2.41. The van der Waals surface area contributed by atoms with E-state index in [9.17, 15) is 9.59 Å². The third-order valence-corrected chi connectivity index (χ3v) is 6.16. The predicted octanol–water partition coefficient (Wildman–Crippen LogP) is 1.42. The van der Waals surface area contributed by atoms with Crippen LogP contribution in [0.1, 0.15) is 36.2 Å². The van der Waals surface area contributed by atoms with Gasteiger partial charge in [0.2, 0.25) is 5.91 Å². The molecule has 4 rings (SSSR count). The lowest BCUT2D eigenvalue weighted by Crippen LogP contribution is -2.67. The van der Waals surface area contributed by atoms with Gasteiger partial charge in [-0.3, -0.25) is 9.59 Å². The SMILES string of the molecule is CN(C)C[C@H]1[C@H]2C[C@H](CN(C(=O)c3ccc[nH]3)C2)[C@@H]2CCCC(=O)N21. The van der Waals surface area contributed by atoms with E-state index in [-0.39, 0.29) is 11.9 Å². The van der Waals surface area contributed by atoms with E-state index in [1.54, 1.807) is 6.20 Å². The zero-order chi connectivity index (χ0) is 17.6. The van der Waals surface area contributed by atoms with E-state index in [1.807, 2.05) is 17.0 Å². The Morgan fingerprint density at radius 3 is 2.84 bits per heavy atom. The van der Waals surface area contributed by atoms with Crippen LogP contribution in [0, 0.1) is 11.8 Å². The molecular weight excluding hydrogens is 316 g/mol. The van der Waals surface area contributed by atoms with E-state index in [2.05, 4.69) is 28.9 Å². The lowest BCUT2D eigenvalue weighted by atomic mass is 9.72. The van der Waals surface area contributed by atoms with Crippen LogP contribution >= 0.6 is 0 Å². The topological polar surface area (TPSA) is 59.7 Å². The summed E-state index contributed by atoms with van der Waals surface area (Å²) in [5.74, 6) is 1.21. The molecule has 0 aromatic carbocycles. The van der Waals surface area contributed by atoms with Gasteiger partial charge >= 0.3 is 0 Å². The Balaban J connectivity index is 1.60. The number of aromatic amines is 1. The molecule has 2 amide bonds. The second-order valence-electron chi connectivity index (χ2n) is 8.14. The fourth-order valence-electron chi connectivity index (χ4n) is 5.18. The molecule has 1 aromatic heterocycles. The maximum atomic E-state index is 12.8. The number of likely N-dealkylation sites (tertiary alicyclic amines) is 1. The van der Waals surface area contributed by atoms with Crippen LogP contribution in [0.5, 0.6) is 0 Å². The van der Waals surface area contributed by atoms with Crippen molar-refractivity contribution in [3.63, 3.8) is 0 Å². The minimum Gasteiger partial charge on any atom is -0.357 e. The molecule has 2 bridgehead atoms. The first kappa shape index (κ1) is 16.6.